The molecule has 0 aromatic carbocycles. The van der Waals surface area contributed by atoms with E-state index >= 15 is 0 Å². The van der Waals surface area contributed by atoms with Crippen LogP contribution in [0.15, 0.2) is 0 Å². The summed E-state index contributed by atoms with van der Waals surface area (Å²) in [6.45, 7) is 8.71. The third-order valence-electron chi connectivity index (χ3n) is 6.25. The number of piperazine rings is 1. The van der Waals surface area contributed by atoms with E-state index in [2.05, 4.69) is 20.0 Å². The minimum atomic E-state index is -0.723. The van der Waals surface area contributed by atoms with Gasteiger partial charge in [-0.15, -0.1) is 0 Å². The summed E-state index contributed by atoms with van der Waals surface area (Å²) < 4.78 is 0. The van der Waals surface area contributed by atoms with Gasteiger partial charge in [0.1, 0.15) is 0 Å². The average molecular weight is 367 g/mol. The van der Waals surface area contributed by atoms with Crippen molar-refractivity contribution >= 4 is 11.9 Å². The Morgan fingerprint density at radius 3 is 2.19 bits per heavy atom. The molecule has 7 heteroatoms. The first-order valence-corrected chi connectivity index (χ1v) is 10.3. The van der Waals surface area contributed by atoms with Crippen molar-refractivity contribution in [2.75, 3.05) is 58.9 Å². The minimum Gasteiger partial charge on any atom is -0.481 e. The van der Waals surface area contributed by atoms with Crippen LogP contribution in [0.5, 0.6) is 0 Å². The maximum atomic E-state index is 12.8. The highest BCUT2D eigenvalue weighted by atomic mass is 16.4. The van der Waals surface area contributed by atoms with E-state index in [-0.39, 0.29) is 12.3 Å². The Labute approximate surface area is 156 Å². The van der Waals surface area contributed by atoms with Crippen LogP contribution in [0.2, 0.25) is 0 Å². The van der Waals surface area contributed by atoms with Crippen molar-refractivity contribution in [3.8, 4) is 0 Å². The first-order chi connectivity index (χ1) is 12.6. The number of nitrogens with zero attached hydrogens (tertiary/aromatic N) is 3. The number of carboxylic acids is 1. The predicted octanol–water partition coefficient (Wildman–Crippen LogP) is 0.459. The molecule has 3 aliphatic rings. The number of hydrogen-bond donors (Lipinski definition) is 2. The molecular formula is C19H34N4O3. The largest absolute Gasteiger partial charge is 0.481 e. The molecule has 0 aromatic heterocycles. The van der Waals surface area contributed by atoms with Gasteiger partial charge < -0.3 is 20.2 Å². The summed E-state index contributed by atoms with van der Waals surface area (Å²) in [5.74, 6) is -0.213. The molecule has 3 fully saturated rings. The number of hydrogen-bond acceptors (Lipinski definition) is 5. The van der Waals surface area contributed by atoms with Crippen molar-refractivity contribution in [1.29, 1.82) is 0 Å². The average Bonchev–Trinajstić information content (AvgIpc) is 2.68. The fraction of sp³-hybridized carbons (Fsp3) is 0.895. The molecule has 0 saturated carbocycles. The second kappa shape index (κ2) is 9.67. The van der Waals surface area contributed by atoms with Crippen LogP contribution in [-0.2, 0) is 9.59 Å². The Bertz CT molecular complexity index is 465. The number of aliphatic carboxylic acids is 1. The number of carboxylic acid groups (broad SMARTS) is 1. The molecule has 7 nitrogen and oxygen atoms in total. The summed E-state index contributed by atoms with van der Waals surface area (Å²) in [6.07, 6.45) is 5.23. The second-order valence-electron chi connectivity index (χ2n) is 7.96. The van der Waals surface area contributed by atoms with Crippen molar-refractivity contribution in [1.82, 2.24) is 20.0 Å². The Kier molecular flexibility index (Phi) is 7.28. The van der Waals surface area contributed by atoms with Gasteiger partial charge in [-0.05, 0) is 64.8 Å². The first kappa shape index (κ1) is 19.6. The van der Waals surface area contributed by atoms with Crippen LogP contribution in [-0.4, -0.2) is 96.6 Å². The zero-order valence-electron chi connectivity index (χ0n) is 15.9. The number of carbonyl (C=O) groups is 2. The van der Waals surface area contributed by atoms with Crippen LogP contribution in [0.1, 0.15) is 38.5 Å². The van der Waals surface area contributed by atoms with Gasteiger partial charge in [0.25, 0.3) is 0 Å². The molecular weight excluding hydrogens is 332 g/mol. The molecule has 2 N–H and O–H groups in total. The second-order valence-corrected chi connectivity index (χ2v) is 7.96. The zero-order valence-corrected chi connectivity index (χ0v) is 15.9. The Balaban J connectivity index is 1.36. The van der Waals surface area contributed by atoms with Gasteiger partial charge in [0.15, 0.2) is 0 Å². The van der Waals surface area contributed by atoms with Crippen LogP contribution >= 0.6 is 0 Å². The van der Waals surface area contributed by atoms with Crippen molar-refractivity contribution in [3.05, 3.63) is 0 Å². The summed E-state index contributed by atoms with van der Waals surface area (Å²) >= 11 is 0. The molecule has 148 valence electrons. The molecule has 0 bridgehead atoms. The lowest BCUT2D eigenvalue weighted by atomic mass is 9.94. The molecule has 0 aliphatic carbocycles. The number of rotatable bonds is 6. The van der Waals surface area contributed by atoms with Crippen LogP contribution < -0.4 is 5.32 Å². The van der Waals surface area contributed by atoms with E-state index in [0.717, 1.165) is 71.7 Å². The standard InChI is InChI=1S/C19H34N4O3/c24-18(25)2-1-9-21-10-5-16(6-11-21)19(26)23-14-12-22(13-15-23)17-3-7-20-8-4-17/h16-17,20H,1-15H2,(H,24,25). The van der Waals surface area contributed by atoms with Gasteiger partial charge in [-0.25, -0.2) is 0 Å². The molecule has 3 rings (SSSR count). The smallest absolute Gasteiger partial charge is 0.303 e. The number of carbonyl (C=O) groups excluding carboxylic acids is 1. The molecule has 0 spiro atoms. The third-order valence-corrected chi connectivity index (χ3v) is 6.25. The topological polar surface area (TPSA) is 76.1 Å². The fourth-order valence-electron chi connectivity index (χ4n) is 4.59. The monoisotopic (exact) mass is 366 g/mol. The number of likely N-dealkylation sites (tertiary alicyclic amines) is 1. The van der Waals surface area contributed by atoms with Crippen molar-refractivity contribution in [2.45, 2.75) is 44.6 Å². The van der Waals surface area contributed by atoms with Crippen molar-refractivity contribution in [2.24, 2.45) is 5.92 Å². The molecule has 0 atom stereocenters. The molecule has 3 saturated heterocycles. The molecule has 26 heavy (non-hydrogen) atoms. The van der Waals surface area contributed by atoms with Gasteiger partial charge in [-0.2, -0.15) is 0 Å². The fourth-order valence-corrected chi connectivity index (χ4v) is 4.59. The van der Waals surface area contributed by atoms with E-state index in [1.54, 1.807) is 0 Å². The number of amides is 1. The van der Waals surface area contributed by atoms with Gasteiger partial charge in [-0.3, -0.25) is 14.5 Å². The highest BCUT2D eigenvalue weighted by molar-refractivity contribution is 5.79. The SMILES string of the molecule is O=C(O)CCCN1CCC(C(=O)N2CCN(C3CCNCC3)CC2)CC1. The van der Waals surface area contributed by atoms with Gasteiger partial charge in [-0.1, -0.05) is 0 Å². The van der Waals surface area contributed by atoms with E-state index < -0.39 is 5.97 Å². The summed E-state index contributed by atoms with van der Waals surface area (Å²) in [4.78, 5) is 30.4. The predicted molar refractivity (Wildman–Crippen MR) is 100 cm³/mol. The maximum absolute atomic E-state index is 12.8. The van der Waals surface area contributed by atoms with Gasteiger partial charge in [0.2, 0.25) is 5.91 Å². The summed E-state index contributed by atoms with van der Waals surface area (Å²) in [7, 11) is 0. The summed E-state index contributed by atoms with van der Waals surface area (Å²) in [5, 5.41) is 12.1. The zero-order chi connectivity index (χ0) is 18.4. The van der Waals surface area contributed by atoms with Crippen LogP contribution in [0.25, 0.3) is 0 Å². The Hall–Kier alpha value is -1.18. The van der Waals surface area contributed by atoms with Crippen molar-refractivity contribution < 1.29 is 14.7 Å². The Morgan fingerprint density at radius 2 is 1.58 bits per heavy atom. The first-order valence-electron chi connectivity index (χ1n) is 10.3. The van der Waals surface area contributed by atoms with Gasteiger partial charge >= 0.3 is 5.97 Å². The number of piperidine rings is 2. The molecule has 0 radical (unpaired) electrons. The summed E-state index contributed by atoms with van der Waals surface area (Å²) in [5.41, 5.74) is 0. The lowest BCUT2D eigenvalue weighted by Crippen LogP contribution is -2.55. The van der Waals surface area contributed by atoms with E-state index in [1.807, 2.05) is 0 Å². The van der Waals surface area contributed by atoms with E-state index in [0.29, 0.717) is 18.4 Å². The van der Waals surface area contributed by atoms with Crippen LogP contribution in [0.3, 0.4) is 0 Å². The third kappa shape index (κ3) is 5.41. The quantitative estimate of drug-likeness (QED) is 0.711. The highest BCUT2D eigenvalue weighted by Crippen LogP contribution is 2.22. The molecule has 3 heterocycles. The van der Waals surface area contributed by atoms with E-state index in [9.17, 15) is 9.59 Å². The van der Waals surface area contributed by atoms with Gasteiger partial charge in [0.05, 0.1) is 0 Å². The minimum absolute atomic E-state index is 0.163. The van der Waals surface area contributed by atoms with Gasteiger partial charge in [0, 0.05) is 44.6 Å². The summed E-state index contributed by atoms with van der Waals surface area (Å²) in [6, 6.07) is 0.697. The lowest BCUT2D eigenvalue weighted by molar-refractivity contribution is -0.139. The van der Waals surface area contributed by atoms with Crippen LogP contribution in [0.4, 0.5) is 0 Å². The normalized spacial score (nSPS) is 24.7. The lowest BCUT2D eigenvalue weighted by Gasteiger charge is -2.42. The van der Waals surface area contributed by atoms with Crippen LogP contribution in [0, 0.1) is 5.92 Å². The van der Waals surface area contributed by atoms with E-state index in [1.165, 1.54) is 12.8 Å². The Morgan fingerprint density at radius 1 is 0.923 bits per heavy atom. The number of nitrogens with one attached hydrogen (secondary N) is 1. The molecule has 1 amide bonds. The molecule has 0 unspecified atom stereocenters. The van der Waals surface area contributed by atoms with E-state index in [4.69, 9.17) is 5.11 Å². The molecule has 0 aromatic rings. The molecule has 3 aliphatic heterocycles. The maximum Gasteiger partial charge on any atom is 0.303 e. The highest BCUT2D eigenvalue weighted by Gasteiger charge is 2.32. The van der Waals surface area contributed by atoms with Crippen molar-refractivity contribution in [3.63, 3.8) is 0 Å².